The van der Waals surface area contributed by atoms with Crippen molar-refractivity contribution in [1.82, 2.24) is 0 Å². The first-order chi connectivity index (χ1) is 7.13. The van der Waals surface area contributed by atoms with Crippen LogP contribution in [0.15, 0.2) is 18.2 Å². The highest BCUT2D eigenvalue weighted by Gasteiger charge is 2.04. The number of benzene rings is 1. The van der Waals surface area contributed by atoms with E-state index in [0.29, 0.717) is 6.42 Å². The summed E-state index contributed by atoms with van der Waals surface area (Å²) in [7, 11) is 0. The van der Waals surface area contributed by atoms with Crippen LogP contribution in [0.1, 0.15) is 25.8 Å². The third-order valence-electron chi connectivity index (χ3n) is 2.05. The quantitative estimate of drug-likeness (QED) is 0.652. The predicted molar refractivity (Wildman–Crippen MR) is 57.3 cm³/mol. The van der Waals surface area contributed by atoms with Gasteiger partial charge in [-0.2, -0.15) is 0 Å². The molecule has 1 aromatic carbocycles. The Labute approximate surface area is 89.3 Å². The molecule has 1 unspecified atom stereocenters. The average Bonchev–Trinajstić information content (AvgIpc) is 2.20. The second-order valence-corrected chi connectivity index (χ2v) is 3.53. The van der Waals surface area contributed by atoms with Crippen molar-refractivity contribution in [3.05, 3.63) is 35.4 Å². The topological polar surface area (TPSA) is 0 Å². The number of hydrogen-bond donors (Lipinski definition) is 0. The molecule has 2 heteroatoms. The number of halogens is 2. The maximum atomic E-state index is 12.9. The summed E-state index contributed by atoms with van der Waals surface area (Å²) in [5, 5.41) is 0. The Morgan fingerprint density at radius 2 is 2.00 bits per heavy atom. The van der Waals surface area contributed by atoms with Crippen LogP contribution >= 0.6 is 0 Å². The molecule has 1 aromatic rings. The minimum Gasteiger partial charge on any atom is -0.204 e. The van der Waals surface area contributed by atoms with Crippen molar-refractivity contribution in [3.63, 3.8) is 0 Å². The summed E-state index contributed by atoms with van der Waals surface area (Å²) in [4.78, 5) is 0. The maximum absolute atomic E-state index is 12.9. The van der Waals surface area contributed by atoms with E-state index >= 15 is 0 Å². The molecule has 0 saturated carbocycles. The Bertz CT molecular complexity index is 385. The first-order valence-corrected chi connectivity index (χ1v) is 5.05. The molecular formula is C13H14F2. The van der Waals surface area contributed by atoms with E-state index in [-0.39, 0.29) is 5.92 Å². The van der Waals surface area contributed by atoms with Crippen LogP contribution in [-0.2, 0) is 6.42 Å². The van der Waals surface area contributed by atoms with Gasteiger partial charge < -0.3 is 0 Å². The van der Waals surface area contributed by atoms with Crippen molar-refractivity contribution in [1.29, 1.82) is 0 Å². The summed E-state index contributed by atoms with van der Waals surface area (Å²) in [5.41, 5.74) is 0.784. The first-order valence-electron chi connectivity index (χ1n) is 5.05. The summed E-state index contributed by atoms with van der Waals surface area (Å²) in [6.45, 7) is 3.96. The Morgan fingerprint density at radius 1 is 1.27 bits per heavy atom. The molecular weight excluding hydrogens is 194 g/mol. The van der Waals surface area contributed by atoms with Gasteiger partial charge in [-0.1, -0.05) is 25.8 Å². The van der Waals surface area contributed by atoms with Crippen molar-refractivity contribution in [2.45, 2.75) is 26.7 Å². The van der Waals surface area contributed by atoms with Crippen LogP contribution in [0.4, 0.5) is 8.78 Å². The van der Waals surface area contributed by atoms with Gasteiger partial charge in [0.15, 0.2) is 11.6 Å². The standard InChI is InChI=1S/C13H14F2/c1-3-4-5-10(2)8-11-6-7-12(14)13(15)9-11/h6-7,9-10H,3,8H2,1-2H3. The van der Waals surface area contributed by atoms with Gasteiger partial charge in [-0.15, -0.1) is 5.92 Å². The molecule has 0 aromatic heterocycles. The zero-order valence-electron chi connectivity index (χ0n) is 8.98. The molecule has 0 aliphatic carbocycles. The van der Waals surface area contributed by atoms with E-state index < -0.39 is 11.6 Å². The number of hydrogen-bond acceptors (Lipinski definition) is 0. The SMILES string of the molecule is CCC#CC(C)Cc1ccc(F)c(F)c1. The zero-order valence-corrected chi connectivity index (χ0v) is 8.98. The lowest BCUT2D eigenvalue weighted by Gasteiger charge is -2.04. The van der Waals surface area contributed by atoms with E-state index in [0.717, 1.165) is 18.1 Å². The highest BCUT2D eigenvalue weighted by molar-refractivity contribution is 5.20. The predicted octanol–water partition coefficient (Wildman–Crippen LogP) is 3.56. The first kappa shape index (κ1) is 11.7. The molecule has 1 rings (SSSR count). The van der Waals surface area contributed by atoms with Crippen LogP contribution in [0.3, 0.4) is 0 Å². The molecule has 15 heavy (non-hydrogen) atoms. The van der Waals surface area contributed by atoms with Gasteiger partial charge in [0.1, 0.15) is 0 Å². The highest BCUT2D eigenvalue weighted by atomic mass is 19.2. The lowest BCUT2D eigenvalue weighted by Crippen LogP contribution is -1.98. The fraction of sp³-hybridized carbons (Fsp3) is 0.385. The lowest BCUT2D eigenvalue weighted by atomic mass is 10.0. The van der Waals surface area contributed by atoms with Gasteiger partial charge in [-0.25, -0.2) is 8.78 Å². The lowest BCUT2D eigenvalue weighted by molar-refractivity contribution is 0.506. The molecule has 0 fully saturated rings. The molecule has 0 heterocycles. The van der Waals surface area contributed by atoms with Gasteiger partial charge in [0.2, 0.25) is 0 Å². The van der Waals surface area contributed by atoms with E-state index in [1.54, 1.807) is 6.07 Å². The minimum atomic E-state index is -0.800. The van der Waals surface area contributed by atoms with Crippen molar-refractivity contribution in [2.75, 3.05) is 0 Å². The van der Waals surface area contributed by atoms with Crippen LogP contribution in [-0.4, -0.2) is 0 Å². The van der Waals surface area contributed by atoms with E-state index in [2.05, 4.69) is 11.8 Å². The molecule has 1 atom stereocenters. The molecule has 0 aliphatic heterocycles. The van der Waals surface area contributed by atoms with Crippen molar-refractivity contribution in [3.8, 4) is 11.8 Å². The number of rotatable bonds is 2. The summed E-state index contributed by atoms with van der Waals surface area (Å²) < 4.78 is 25.5. The molecule has 0 spiro atoms. The fourth-order valence-electron chi connectivity index (χ4n) is 1.35. The molecule has 0 radical (unpaired) electrons. The van der Waals surface area contributed by atoms with E-state index in [9.17, 15) is 8.78 Å². The molecule has 0 nitrogen and oxygen atoms in total. The Morgan fingerprint density at radius 3 is 2.60 bits per heavy atom. The van der Waals surface area contributed by atoms with Gasteiger partial charge in [-0.05, 0) is 24.1 Å². The zero-order chi connectivity index (χ0) is 11.3. The summed E-state index contributed by atoms with van der Waals surface area (Å²) in [6.07, 6.45) is 1.48. The van der Waals surface area contributed by atoms with Gasteiger partial charge in [-0.3, -0.25) is 0 Å². The fourth-order valence-corrected chi connectivity index (χ4v) is 1.35. The van der Waals surface area contributed by atoms with Gasteiger partial charge in [0, 0.05) is 12.3 Å². The van der Waals surface area contributed by atoms with Crippen LogP contribution in [0.25, 0.3) is 0 Å². The van der Waals surface area contributed by atoms with Crippen LogP contribution in [0.5, 0.6) is 0 Å². The molecule has 0 amide bonds. The monoisotopic (exact) mass is 208 g/mol. The van der Waals surface area contributed by atoms with E-state index in [1.165, 1.54) is 6.07 Å². The third-order valence-corrected chi connectivity index (χ3v) is 2.05. The smallest absolute Gasteiger partial charge is 0.159 e. The summed E-state index contributed by atoms with van der Waals surface area (Å²) in [5.74, 6) is 4.61. The summed E-state index contributed by atoms with van der Waals surface area (Å²) >= 11 is 0. The second-order valence-electron chi connectivity index (χ2n) is 3.53. The second kappa shape index (κ2) is 5.50. The highest BCUT2D eigenvalue weighted by Crippen LogP contribution is 2.12. The van der Waals surface area contributed by atoms with Crippen molar-refractivity contribution >= 4 is 0 Å². The van der Waals surface area contributed by atoms with Crippen LogP contribution in [0, 0.1) is 29.4 Å². The summed E-state index contributed by atoms with van der Waals surface area (Å²) in [6, 6.07) is 3.99. The molecule has 0 bridgehead atoms. The van der Waals surface area contributed by atoms with Crippen molar-refractivity contribution in [2.24, 2.45) is 5.92 Å². The van der Waals surface area contributed by atoms with E-state index in [1.807, 2.05) is 13.8 Å². The molecule has 0 aliphatic rings. The Balaban J connectivity index is 2.68. The van der Waals surface area contributed by atoms with E-state index in [4.69, 9.17) is 0 Å². The largest absolute Gasteiger partial charge is 0.204 e. The maximum Gasteiger partial charge on any atom is 0.159 e. The normalized spacial score (nSPS) is 11.7. The molecule has 0 saturated heterocycles. The third kappa shape index (κ3) is 3.71. The Kier molecular flexibility index (Phi) is 4.30. The van der Waals surface area contributed by atoms with Gasteiger partial charge in [0.05, 0.1) is 0 Å². The average molecular weight is 208 g/mol. The van der Waals surface area contributed by atoms with Crippen molar-refractivity contribution < 1.29 is 8.78 Å². The van der Waals surface area contributed by atoms with Crippen LogP contribution in [0.2, 0.25) is 0 Å². The van der Waals surface area contributed by atoms with Gasteiger partial charge >= 0.3 is 0 Å². The van der Waals surface area contributed by atoms with Gasteiger partial charge in [0.25, 0.3) is 0 Å². The molecule has 0 N–H and O–H groups in total. The van der Waals surface area contributed by atoms with Crippen LogP contribution < -0.4 is 0 Å². The molecule has 80 valence electrons. The minimum absolute atomic E-state index is 0.176. The Hall–Kier alpha value is -1.36.